The molecule has 0 bridgehead atoms. The zero-order chi connectivity index (χ0) is 44.8. The molecule has 5 fully saturated rings. The lowest BCUT2D eigenvalue weighted by Gasteiger charge is -2.40. The number of benzene rings is 2. The Hall–Kier alpha value is -5.04. The minimum Gasteiger partial charge on any atom is -0.388 e. The van der Waals surface area contributed by atoms with Crippen LogP contribution < -0.4 is 26.0 Å². The monoisotopic (exact) mass is 901 g/mol. The molecule has 18 heteroatoms. The summed E-state index contributed by atoms with van der Waals surface area (Å²) in [4.78, 5) is 53.6. The summed E-state index contributed by atoms with van der Waals surface area (Å²) in [5.41, 5.74) is 0.380. The van der Waals surface area contributed by atoms with Crippen molar-refractivity contribution in [2.45, 2.75) is 99.6 Å². The van der Waals surface area contributed by atoms with Crippen LogP contribution in [0.1, 0.15) is 94.2 Å². The number of hydrogen-bond donors (Lipinski definition) is 3. The van der Waals surface area contributed by atoms with Gasteiger partial charge in [0.05, 0.1) is 28.0 Å². The van der Waals surface area contributed by atoms with Gasteiger partial charge in [0.1, 0.15) is 5.65 Å². The minimum atomic E-state index is -3.77. The normalized spacial score (nSPS) is 24.8. The van der Waals surface area contributed by atoms with Gasteiger partial charge in [-0.1, -0.05) is 18.2 Å². The first-order valence-electron chi connectivity index (χ1n) is 22.7. The Morgan fingerprint density at radius 2 is 1.59 bits per heavy atom. The molecule has 9 rings (SSSR count). The standard InChI is InChI=1S/C46H57F2N9O6S/c1-46(61)17-3-6-39(46)57-42-32(26-38(41(47)48)44(57)60)28-49-45(52-42)50-33-15-20-56(21-16-33)64(62,63)36-5-2-4-35(27-36)55-24-22-53(23-25-55)29-30-13-18-54(19-14-30)34-9-7-31(8-10-34)37-11-12-40(58)51-43(37)59/h2,4-5,7-10,26-28,30,33,37,39,41,61H,3,6,11-25,29H2,1H3,(H,49,50,52)(H,51,58,59)/t37?,39-,46-/m1/s1. The maximum Gasteiger partial charge on any atom is 0.269 e. The number of imide groups is 1. The second-order valence-electron chi connectivity index (χ2n) is 18.4. The van der Waals surface area contributed by atoms with Crippen LogP contribution in [-0.2, 0) is 19.6 Å². The Balaban J connectivity index is 0.758. The molecule has 342 valence electrons. The number of halogens is 2. The second kappa shape index (κ2) is 18.1. The van der Waals surface area contributed by atoms with E-state index in [1.807, 2.05) is 24.3 Å². The molecule has 0 spiro atoms. The van der Waals surface area contributed by atoms with E-state index < -0.39 is 39.2 Å². The lowest BCUT2D eigenvalue weighted by atomic mass is 9.90. The lowest BCUT2D eigenvalue weighted by Crippen LogP contribution is -2.49. The van der Waals surface area contributed by atoms with E-state index in [1.54, 1.807) is 19.1 Å². The number of carbonyl (C=O) groups is 2. The third-order valence-electron chi connectivity index (χ3n) is 14.2. The van der Waals surface area contributed by atoms with Gasteiger partial charge in [0.15, 0.2) is 0 Å². The number of aliphatic hydroxyl groups is 1. The van der Waals surface area contributed by atoms with E-state index in [4.69, 9.17) is 0 Å². The van der Waals surface area contributed by atoms with Crippen LogP contribution in [-0.4, -0.2) is 120 Å². The van der Waals surface area contributed by atoms with Gasteiger partial charge in [0, 0.05) is 94.3 Å². The smallest absolute Gasteiger partial charge is 0.269 e. The molecule has 3 N–H and O–H groups in total. The van der Waals surface area contributed by atoms with E-state index in [9.17, 15) is 36.7 Å². The first-order chi connectivity index (χ1) is 30.7. The highest BCUT2D eigenvalue weighted by Crippen LogP contribution is 2.40. The van der Waals surface area contributed by atoms with E-state index in [0.29, 0.717) is 50.9 Å². The second-order valence-corrected chi connectivity index (χ2v) is 20.4. The number of nitrogens with zero attached hydrogens (tertiary/aromatic N) is 7. The van der Waals surface area contributed by atoms with Gasteiger partial charge < -0.3 is 20.2 Å². The van der Waals surface area contributed by atoms with E-state index in [-0.39, 0.29) is 58.7 Å². The van der Waals surface area contributed by atoms with Crippen molar-refractivity contribution in [3.05, 3.63) is 82.3 Å². The first kappa shape index (κ1) is 44.2. The molecule has 5 aliphatic rings. The van der Waals surface area contributed by atoms with E-state index in [0.717, 1.165) is 81.7 Å². The van der Waals surface area contributed by atoms with E-state index in [2.05, 4.69) is 47.4 Å². The number of amides is 2. The molecule has 0 radical (unpaired) electrons. The summed E-state index contributed by atoms with van der Waals surface area (Å²) in [7, 11) is -3.77. The van der Waals surface area contributed by atoms with E-state index in [1.165, 1.54) is 15.1 Å². The number of pyridine rings is 1. The summed E-state index contributed by atoms with van der Waals surface area (Å²) in [6.07, 6.45) is 4.02. The van der Waals surface area contributed by atoms with Crippen LogP contribution in [0.2, 0.25) is 0 Å². The number of hydrogen-bond acceptors (Lipinski definition) is 12. The zero-order valence-electron chi connectivity index (χ0n) is 36.2. The number of anilines is 3. The predicted molar refractivity (Wildman–Crippen MR) is 239 cm³/mol. The number of fused-ring (bicyclic) bond motifs is 1. The lowest BCUT2D eigenvalue weighted by molar-refractivity contribution is -0.134. The largest absolute Gasteiger partial charge is 0.388 e. The first-order valence-corrected chi connectivity index (χ1v) is 24.1. The molecule has 4 aromatic rings. The molecular formula is C46H57F2N9O6S. The molecule has 1 unspecified atom stereocenters. The number of aromatic nitrogens is 3. The molecule has 2 aromatic heterocycles. The van der Waals surface area contributed by atoms with Gasteiger partial charge in [0.2, 0.25) is 27.8 Å². The van der Waals surface area contributed by atoms with Gasteiger partial charge in [-0.05, 0) is 106 Å². The molecule has 4 saturated heterocycles. The molecule has 1 saturated carbocycles. The van der Waals surface area contributed by atoms with Crippen molar-refractivity contribution in [3.8, 4) is 0 Å². The molecule has 2 aromatic carbocycles. The highest BCUT2D eigenvalue weighted by Gasteiger charge is 2.40. The van der Waals surface area contributed by atoms with Crippen LogP contribution in [0, 0.1) is 5.92 Å². The Morgan fingerprint density at radius 3 is 2.27 bits per heavy atom. The number of alkyl halides is 2. The molecule has 4 aliphatic heterocycles. The number of carbonyl (C=O) groups excluding carboxylic acids is 2. The number of nitrogens with one attached hydrogen (secondary N) is 2. The van der Waals surface area contributed by atoms with Crippen LogP contribution in [0.15, 0.2) is 70.5 Å². The van der Waals surface area contributed by atoms with E-state index >= 15 is 0 Å². The number of piperazine rings is 1. The summed E-state index contributed by atoms with van der Waals surface area (Å²) >= 11 is 0. The van der Waals surface area contributed by atoms with Crippen molar-refractivity contribution in [1.29, 1.82) is 0 Å². The number of sulfonamides is 1. The highest BCUT2D eigenvalue weighted by atomic mass is 32.2. The fourth-order valence-corrected chi connectivity index (χ4v) is 12.0. The molecule has 1 aliphatic carbocycles. The van der Waals surface area contributed by atoms with Crippen LogP contribution in [0.4, 0.5) is 26.1 Å². The fourth-order valence-electron chi connectivity index (χ4n) is 10.5. The summed E-state index contributed by atoms with van der Waals surface area (Å²) in [6.45, 7) is 8.56. The minimum absolute atomic E-state index is 0.167. The Morgan fingerprint density at radius 1 is 0.875 bits per heavy atom. The zero-order valence-corrected chi connectivity index (χ0v) is 37.0. The topological polar surface area (TPSA) is 173 Å². The van der Waals surface area contributed by atoms with Crippen molar-refractivity contribution in [2.75, 3.05) is 74.0 Å². The molecule has 3 atom stereocenters. The maximum absolute atomic E-state index is 14.0. The summed E-state index contributed by atoms with van der Waals surface area (Å²) in [6, 6.07) is 15.7. The van der Waals surface area contributed by atoms with Gasteiger partial charge in [-0.15, -0.1) is 0 Å². The van der Waals surface area contributed by atoms with Crippen molar-refractivity contribution >= 4 is 50.2 Å². The third-order valence-corrected chi connectivity index (χ3v) is 16.1. The predicted octanol–water partition coefficient (Wildman–Crippen LogP) is 5.03. The summed E-state index contributed by atoms with van der Waals surface area (Å²) in [5.74, 6) is 0.112. The van der Waals surface area contributed by atoms with Crippen molar-refractivity contribution in [2.24, 2.45) is 5.92 Å². The van der Waals surface area contributed by atoms with Crippen LogP contribution >= 0.6 is 0 Å². The van der Waals surface area contributed by atoms with Gasteiger partial charge in [-0.3, -0.25) is 29.2 Å². The van der Waals surface area contributed by atoms with Crippen LogP contribution in [0.3, 0.4) is 0 Å². The molecular weight excluding hydrogens is 845 g/mol. The fraction of sp³-hybridized carbons (Fsp3) is 0.543. The van der Waals surface area contributed by atoms with Crippen molar-refractivity contribution in [1.82, 2.24) is 29.1 Å². The van der Waals surface area contributed by atoms with Crippen molar-refractivity contribution < 1.29 is 31.9 Å². The molecule has 64 heavy (non-hydrogen) atoms. The average Bonchev–Trinajstić information content (AvgIpc) is 3.64. The molecule has 15 nitrogen and oxygen atoms in total. The molecule has 2 amide bonds. The summed E-state index contributed by atoms with van der Waals surface area (Å²) < 4.78 is 58.5. The quantitative estimate of drug-likeness (QED) is 0.172. The Kier molecular flexibility index (Phi) is 12.5. The van der Waals surface area contributed by atoms with Gasteiger partial charge in [-0.2, -0.15) is 9.29 Å². The SMILES string of the molecule is C[C@@]1(O)CCC[C@H]1n1c(=O)c(C(F)F)cc2cnc(NC3CCN(S(=O)(=O)c4cccc(N5CCN(CC6CCN(c7ccc(C8CCC(=O)NC8=O)cc7)CC6)CC5)c4)CC3)nc21. The molecule has 6 heterocycles. The third kappa shape index (κ3) is 9.11. The average molecular weight is 902 g/mol. The van der Waals surface area contributed by atoms with Crippen LogP contribution in [0.5, 0.6) is 0 Å². The van der Waals surface area contributed by atoms with Gasteiger partial charge in [-0.25, -0.2) is 22.2 Å². The van der Waals surface area contributed by atoms with Crippen molar-refractivity contribution in [3.63, 3.8) is 0 Å². The highest BCUT2D eigenvalue weighted by molar-refractivity contribution is 7.89. The Bertz CT molecular complexity index is 2530. The van der Waals surface area contributed by atoms with Gasteiger partial charge in [0.25, 0.3) is 12.0 Å². The van der Waals surface area contributed by atoms with Gasteiger partial charge >= 0.3 is 0 Å². The number of rotatable bonds is 11. The van der Waals surface area contributed by atoms with Crippen LogP contribution in [0.25, 0.3) is 11.0 Å². The maximum atomic E-state index is 14.0. The number of piperidine rings is 3. The summed E-state index contributed by atoms with van der Waals surface area (Å²) in [5, 5.41) is 17.1. The Labute approximate surface area is 371 Å².